The van der Waals surface area contributed by atoms with Crippen LogP contribution in [0.4, 0.5) is 0 Å². The molecule has 0 aromatic heterocycles. The van der Waals surface area contributed by atoms with Gasteiger partial charge in [0.1, 0.15) is 0 Å². The van der Waals surface area contributed by atoms with Crippen molar-refractivity contribution < 1.29 is 9.59 Å². The van der Waals surface area contributed by atoms with E-state index in [4.69, 9.17) is 5.73 Å². The van der Waals surface area contributed by atoms with Crippen LogP contribution in [-0.4, -0.2) is 41.4 Å². The van der Waals surface area contributed by atoms with E-state index in [9.17, 15) is 9.59 Å². The maximum Gasteiger partial charge on any atom is 0.240 e. The summed E-state index contributed by atoms with van der Waals surface area (Å²) >= 11 is 0. The highest BCUT2D eigenvalue weighted by atomic mass is 16.2. The van der Waals surface area contributed by atoms with Crippen LogP contribution in [-0.2, 0) is 16.0 Å². The zero-order valence-electron chi connectivity index (χ0n) is 15.6. The van der Waals surface area contributed by atoms with Crippen LogP contribution >= 0.6 is 0 Å². The van der Waals surface area contributed by atoms with Gasteiger partial charge >= 0.3 is 0 Å². The van der Waals surface area contributed by atoms with E-state index in [1.165, 1.54) is 12.0 Å². The fourth-order valence-corrected chi connectivity index (χ4v) is 4.07. The molecule has 0 bridgehead atoms. The monoisotopic (exact) mass is 357 g/mol. The molecule has 0 spiro atoms. The normalized spacial score (nSPS) is 20.6. The number of hydrogen-bond donors (Lipinski definition) is 2. The van der Waals surface area contributed by atoms with Crippen LogP contribution in [0.25, 0.3) is 0 Å². The molecule has 1 aromatic rings. The highest BCUT2D eigenvalue weighted by molar-refractivity contribution is 5.86. The minimum atomic E-state index is -0.680. The van der Waals surface area contributed by atoms with Gasteiger partial charge in [0.15, 0.2) is 0 Å². The average molecular weight is 357 g/mol. The largest absolute Gasteiger partial charge is 0.352 e. The van der Waals surface area contributed by atoms with Crippen LogP contribution in [0.15, 0.2) is 30.3 Å². The van der Waals surface area contributed by atoms with Crippen molar-refractivity contribution in [1.29, 1.82) is 0 Å². The molecule has 3 N–H and O–H groups in total. The van der Waals surface area contributed by atoms with Crippen LogP contribution in [0, 0.1) is 0 Å². The number of aryl methyl sites for hydroxylation is 1. The van der Waals surface area contributed by atoms with Gasteiger partial charge in [-0.15, -0.1) is 0 Å². The molecule has 26 heavy (non-hydrogen) atoms. The first kappa shape index (κ1) is 18.9. The number of nitrogens with two attached hydrogens (primary N) is 1. The minimum absolute atomic E-state index is 0.00561. The SMILES string of the molecule is NC1(C(=O)NC2CCN(C(=O)CCc3ccccc3)CC2)CCCCC1. The van der Waals surface area contributed by atoms with E-state index >= 15 is 0 Å². The summed E-state index contributed by atoms with van der Waals surface area (Å²) in [5.41, 5.74) is 6.83. The number of benzene rings is 1. The summed E-state index contributed by atoms with van der Waals surface area (Å²) in [4.78, 5) is 26.9. The topological polar surface area (TPSA) is 75.4 Å². The van der Waals surface area contributed by atoms with Crippen LogP contribution in [0.2, 0.25) is 0 Å². The van der Waals surface area contributed by atoms with Crippen molar-refractivity contribution in [3.05, 3.63) is 35.9 Å². The molecule has 5 heteroatoms. The Morgan fingerprint density at radius 2 is 1.73 bits per heavy atom. The summed E-state index contributed by atoms with van der Waals surface area (Å²) in [6.07, 6.45) is 7.80. The zero-order valence-corrected chi connectivity index (χ0v) is 15.6. The molecule has 1 aliphatic carbocycles. The molecule has 1 heterocycles. The van der Waals surface area contributed by atoms with Crippen LogP contribution < -0.4 is 11.1 Å². The molecule has 2 aliphatic rings. The van der Waals surface area contributed by atoms with Crippen molar-refractivity contribution in [3.8, 4) is 0 Å². The van der Waals surface area contributed by atoms with Crippen molar-refractivity contribution in [1.82, 2.24) is 10.2 Å². The highest BCUT2D eigenvalue weighted by Gasteiger charge is 2.36. The molecule has 3 rings (SSSR count). The maximum atomic E-state index is 12.5. The molecule has 0 atom stereocenters. The molecular weight excluding hydrogens is 326 g/mol. The van der Waals surface area contributed by atoms with Gasteiger partial charge in [-0.3, -0.25) is 9.59 Å². The molecule has 0 unspecified atom stereocenters. The number of piperidine rings is 1. The lowest BCUT2D eigenvalue weighted by molar-refractivity contribution is -0.132. The lowest BCUT2D eigenvalue weighted by Crippen LogP contribution is -2.58. The Bertz CT molecular complexity index is 603. The van der Waals surface area contributed by atoms with Gasteiger partial charge in [0.25, 0.3) is 0 Å². The number of nitrogens with zero attached hydrogens (tertiary/aromatic N) is 1. The first-order valence-electron chi connectivity index (χ1n) is 9.98. The van der Waals surface area contributed by atoms with Gasteiger partial charge in [-0.2, -0.15) is 0 Å². The Labute approximate surface area is 156 Å². The summed E-state index contributed by atoms with van der Waals surface area (Å²) in [6.45, 7) is 1.44. The fourth-order valence-electron chi connectivity index (χ4n) is 4.07. The molecule has 1 aromatic carbocycles. The van der Waals surface area contributed by atoms with Crippen LogP contribution in [0.5, 0.6) is 0 Å². The summed E-state index contributed by atoms with van der Waals surface area (Å²) < 4.78 is 0. The number of carbonyl (C=O) groups excluding carboxylic acids is 2. The van der Waals surface area contributed by atoms with Gasteiger partial charge in [-0.25, -0.2) is 0 Å². The van der Waals surface area contributed by atoms with Gasteiger partial charge in [0, 0.05) is 25.6 Å². The van der Waals surface area contributed by atoms with Crippen LogP contribution in [0.1, 0.15) is 56.9 Å². The van der Waals surface area contributed by atoms with Gasteiger partial charge in [0.2, 0.25) is 11.8 Å². The van der Waals surface area contributed by atoms with E-state index in [1.54, 1.807) is 0 Å². The van der Waals surface area contributed by atoms with Gasteiger partial charge in [-0.1, -0.05) is 49.6 Å². The first-order valence-corrected chi connectivity index (χ1v) is 9.98. The smallest absolute Gasteiger partial charge is 0.240 e. The number of likely N-dealkylation sites (tertiary alicyclic amines) is 1. The number of carbonyl (C=O) groups is 2. The summed E-state index contributed by atoms with van der Waals surface area (Å²) in [5.74, 6) is 0.215. The first-order chi connectivity index (χ1) is 12.6. The molecule has 1 aliphatic heterocycles. The van der Waals surface area contributed by atoms with Gasteiger partial charge < -0.3 is 16.0 Å². The third kappa shape index (κ3) is 4.85. The molecule has 2 amide bonds. The summed E-state index contributed by atoms with van der Waals surface area (Å²) in [6, 6.07) is 10.3. The fraction of sp³-hybridized carbons (Fsp3) is 0.619. The molecule has 1 saturated carbocycles. The Morgan fingerprint density at radius 1 is 1.08 bits per heavy atom. The van der Waals surface area contributed by atoms with E-state index in [1.807, 2.05) is 23.1 Å². The van der Waals surface area contributed by atoms with E-state index in [-0.39, 0.29) is 17.9 Å². The highest BCUT2D eigenvalue weighted by Crippen LogP contribution is 2.26. The molecular formula is C21H31N3O2. The van der Waals surface area contributed by atoms with Crippen LogP contribution in [0.3, 0.4) is 0 Å². The Balaban J connectivity index is 1.41. The Kier molecular flexibility index (Phi) is 6.30. The average Bonchev–Trinajstić information content (AvgIpc) is 2.68. The summed E-state index contributed by atoms with van der Waals surface area (Å²) in [7, 11) is 0. The third-order valence-corrected chi connectivity index (χ3v) is 5.85. The quantitative estimate of drug-likeness (QED) is 0.850. The van der Waals surface area contributed by atoms with Crippen molar-refractivity contribution in [2.75, 3.05) is 13.1 Å². The molecule has 1 saturated heterocycles. The number of rotatable bonds is 5. The molecule has 0 radical (unpaired) electrons. The predicted octanol–water partition coefficient (Wildman–Crippen LogP) is 2.39. The zero-order chi connectivity index (χ0) is 18.4. The Hall–Kier alpha value is -1.88. The lowest BCUT2D eigenvalue weighted by atomic mass is 9.81. The number of hydrogen-bond acceptors (Lipinski definition) is 3. The van der Waals surface area contributed by atoms with Crippen molar-refractivity contribution in [2.24, 2.45) is 5.73 Å². The van der Waals surface area contributed by atoms with Crippen molar-refractivity contribution >= 4 is 11.8 Å². The molecule has 142 valence electrons. The maximum absolute atomic E-state index is 12.5. The molecule has 2 fully saturated rings. The molecule has 5 nitrogen and oxygen atoms in total. The lowest BCUT2D eigenvalue weighted by Gasteiger charge is -2.36. The predicted molar refractivity (Wildman–Crippen MR) is 103 cm³/mol. The van der Waals surface area contributed by atoms with E-state index in [2.05, 4.69) is 17.4 Å². The summed E-state index contributed by atoms with van der Waals surface area (Å²) in [5, 5.41) is 3.14. The second-order valence-corrected chi connectivity index (χ2v) is 7.83. The third-order valence-electron chi connectivity index (χ3n) is 5.85. The van der Waals surface area contributed by atoms with E-state index in [0.717, 1.165) is 58.0 Å². The second-order valence-electron chi connectivity index (χ2n) is 7.83. The standard InChI is InChI=1S/C21H31N3O2/c22-21(13-5-2-6-14-21)20(26)23-18-11-15-24(16-12-18)19(25)10-9-17-7-3-1-4-8-17/h1,3-4,7-8,18H,2,5-6,9-16,22H2,(H,23,26). The van der Waals surface area contributed by atoms with Crippen molar-refractivity contribution in [2.45, 2.75) is 69.4 Å². The Morgan fingerprint density at radius 3 is 2.38 bits per heavy atom. The van der Waals surface area contributed by atoms with E-state index < -0.39 is 5.54 Å². The van der Waals surface area contributed by atoms with Gasteiger partial charge in [0.05, 0.1) is 5.54 Å². The number of nitrogens with one attached hydrogen (secondary N) is 1. The van der Waals surface area contributed by atoms with E-state index in [0.29, 0.717) is 6.42 Å². The van der Waals surface area contributed by atoms with Gasteiger partial charge in [-0.05, 0) is 37.7 Å². The van der Waals surface area contributed by atoms with Crippen molar-refractivity contribution in [3.63, 3.8) is 0 Å². The second kappa shape index (κ2) is 8.67. The minimum Gasteiger partial charge on any atom is -0.352 e. The number of amides is 2.